The van der Waals surface area contributed by atoms with Gasteiger partial charge in [-0.25, -0.2) is 0 Å². The SMILES string of the molecule is Cc1ccc(-c2cc(C)c(-c3ccc(C(F)(F)Oc4ccc(C)c(C)c4)c(C)c3)c(C)c2)c(C)c1. The largest absolute Gasteiger partial charge is 0.429 e. The van der Waals surface area contributed by atoms with Crippen LogP contribution in [0.15, 0.2) is 66.7 Å². The lowest BCUT2D eigenvalue weighted by atomic mass is 9.89. The van der Waals surface area contributed by atoms with Crippen LogP contribution in [0.3, 0.4) is 0 Å². The average Bonchev–Trinajstić information content (AvgIpc) is 2.75. The molecular formula is C32H32F2O. The van der Waals surface area contributed by atoms with E-state index in [1.54, 1.807) is 31.2 Å². The molecule has 0 spiro atoms. The van der Waals surface area contributed by atoms with E-state index in [1.165, 1.54) is 28.3 Å². The molecule has 0 aliphatic rings. The summed E-state index contributed by atoms with van der Waals surface area (Å²) in [5.74, 6) is 0.162. The first kappa shape index (κ1) is 24.7. The standard InChI is InChI=1S/C32H32F2O/c1-19-8-12-29(22(4)14-19)27-16-24(6)31(25(7)17-27)26-10-13-30(23(5)15-26)32(33,34)35-28-11-9-20(2)21(3)18-28/h8-18H,1-7H3. The summed E-state index contributed by atoms with van der Waals surface area (Å²) in [5, 5.41) is 0. The van der Waals surface area contributed by atoms with E-state index in [1.807, 2.05) is 19.9 Å². The Morgan fingerprint density at radius 3 is 1.80 bits per heavy atom. The number of rotatable bonds is 5. The molecule has 0 N–H and O–H groups in total. The molecule has 0 aliphatic carbocycles. The fraction of sp³-hybridized carbons (Fsp3) is 0.250. The molecule has 4 aromatic carbocycles. The molecule has 0 saturated heterocycles. The van der Waals surface area contributed by atoms with Gasteiger partial charge in [-0.1, -0.05) is 54.1 Å². The molecule has 180 valence electrons. The topological polar surface area (TPSA) is 9.23 Å². The number of ether oxygens (including phenoxy) is 1. The van der Waals surface area contributed by atoms with Crippen LogP contribution in [0.4, 0.5) is 8.78 Å². The van der Waals surface area contributed by atoms with Crippen molar-refractivity contribution in [3.8, 4) is 28.0 Å². The molecule has 0 fully saturated rings. The van der Waals surface area contributed by atoms with Gasteiger partial charge >= 0.3 is 6.11 Å². The second-order valence-corrected chi connectivity index (χ2v) is 9.70. The molecule has 0 aliphatic heterocycles. The zero-order valence-electron chi connectivity index (χ0n) is 21.5. The van der Waals surface area contributed by atoms with E-state index in [-0.39, 0.29) is 11.3 Å². The molecule has 4 aromatic rings. The van der Waals surface area contributed by atoms with Crippen molar-refractivity contribution in [2.75, 3.05) is 0 Å². The van der Waals surface area contributed by atoms with Crippen molar-refractivity contribution in [1.29, 1.82) is 0 Å². The maximum absolute atomic E-state index is 15.1. The van der Waals surface area contributed by atoms with Gasteiger partial charge in [-0.15, -0.1) is 0 Å². The van der Waals surface area contributed by atoms with E-state index >= 15 is 8.78 Å². The number of alkyl halides is 2. The van der Waals surface area contributed by atoms with E-state index in [4.69, 9.17) is 4.74 Å². The normalized spacial score (nSPS) is 11.6. The number of aryl methyl sites for hydroxylation is 7. The molecule has 1 nitrogen and oxygen atoms in total. The number of halogens is 2. The van der Waals surface area contributed by atoms with Gasteiger partial charge in [-0.3, -0.25) is 0 Å². The Hall–Kier alpha value is -3.46. The minimum atomic E-state index is -3.43. The highest BCUT2D eigenvalue weighted by Crippen LogP contribution is 2.38. The van der Waals surface area contributed by atoms with Crippen LogP contribution in [-0.4, -0.2) is 0 Å². The number of hydrogen-bond donors (Lipinski definition) is 0. The Bertz CT molecular complexity index is 1390. The van der Waals surface area contributed by atoms with E-state index in [2.05, 4.69) is 58.0 Å². The van der Waals surface area contributed by atoms with Crippen LogP contribution in [0, 0.1) is 48.5 Å². The summed E-state index contributed by atoms with van der Waals surface area (Å²) in [6.07, 6.45) is -3.43. The van der Waals surface area contributed by atoms with Crippen molar-refractivity contribution in [2.45, 2.75) is 54.6 Å². The molecule has 0 heterocycles. The average molecular weight is 471 g/mol. The molecule has 0 bridgehead atoms. The van der Waals surface area contributed by atoms with Crippen molar-refractivity contribution in [1.82, 2.24) is 0 Å². The van der Waals surface area contributed by atoms with Gasteiger partial charge in [0.25, 0.3) is 0 Å². The molecule has 0 saturated carbocycles. The molecule has 0 radical (unpaired) electrons. The first-order valence-electron chi connectivity index (χ1n) is 11.9. The molecule has 0 aromatic heterocycles. The van der Waals surface area contributed by atoms with Crippen LogP contribution < -0.4 is 4.74 Å². The van der Waals surface area contributed by atoms with Gasteiger partial charge < -0.3 is 4.74 Å². The maximum atomic E-state index is 15.1. The van der Waals surface area contributed by atoms with Crippen LogP contribution in [0.5, 0.6) is 5.75 Å². The van der Waals surface area contributed by atoms with Crippen molar-refractivity contribution in [2.24, 2.45) is 0 Å². The van der Waals surface area contributed by atoms with Crippen LogP contribution >= 0.6 is 0 Å². The molecular weight excluding hydrogens is 438 g/mol. The van der Waals surface area contributed by atoms with Gasteiger partial charge in [0, 0.05) is 0 Å². The summed E-state index contributed by atoms with van der Waals surface area (Å²) >= 11 is 0. The van der Waals surface area contributed by atoms with Crippen molar-refractivity contribution >= 4 is 0 Å². The molecule has 3 heteroatoms. The van der Waals surface area contributed by atoms with Crippen LogP contribution in [0.2, 0.25) is 0 Å². The molecule has 0 unspecified atom stereocenters. The molecule has 0 atom stereocenters. The molecule has 35 heavy (non-hydrogen) atoms. The monoisotopic (exact) mass is 470 g/mol. The van der Waals surface area contributed by atoms with E-state index < -0.39 is 6.11 Å². The Labute approximate surface area is 207 Å². The quantitative estimate of drug-likeness (QED) is 0.282. The lowest BCUT2D eigenvalue weighted by Gasteiger charge is -2.22. The highest BCUT2D eigenvalue weighted by Gasteiger charge is 2.36. The van der Waals surface area contributed by atoms with Gasteiger partial charge in [-0.05, 0) is 122 Å². The highest BCUT2D eigenvalue weighted by atomic mass is 19.3. The van der Waals surface area contributed by atoms with Gasteiger partial charge in [-0.2, -0.15) is 8.78 Å². The summed E-state index contributed by atoms with van der Waals surface area (Å²) in [5.41, 5.74) is 11.4. The third kappa shape index (κ3) is 5.00. The Balaban J connectivity index is 1.67. The number of benzene rings is 4. The fourth-order valence-corrected chi connectivity index (χ4v) is 4.84. The van der Waals surface area contributed by atoms with Crippen LogP contribution in [-0.2, 0) is 6.11 Å². The van der Waals surface area contributed by atoms with Gasteiger partial charge in [0.15, 0.2) is 0 Å². The predicted octanol–water partition coefficient (Wildman–Crippen LogP) is 9.31. The zero-order chi connectivity index (χ0) is 25.5. The summed E-state index contributed by atoms with van der Waals surface area (Å²) < 4.78 is 35.4. The fourth-order valence-electron chi connectivity index (χ4n) is 4.84. The zero-order valence-corrected chi connectivity index (χ0v) is 21.5. The molecule has 0 amide bonds. The lowest BCUT2D eigenvalue weighted by Crippen LogP contribution is -2.23. The van der Waals surface area contributed by atoms with E-state index in [0.717, 1.165) is 33.4 Å². The summed E-state index contributed by atoms with van der Waals surface area (Å²) in [6.45, 7) is 13.9. The van der Waals surface area contributed by atoms with Crippen LogP contribution in [0.1, 0.15) is 44.5 Å². The first-order chi connectivity index (χ1) is 16.5. The summed E-state index contributed by atoms with van der Waals surface area (Å²) in [7, 11) is 0. The Morgan fingerprint density at radius 2 is 1.20 bits per heavy atom. The van der Waals surface area contributed by atoms with Gasteiger partial charge in [0.05, 0.1) is 5.56 Å². The van der Waals surface area contributed by atoms with Crippen LogP contribution in [0.25, 0.3) is 22.3 Å². The van der Waals surface area contributed by atoms with E-state index in [9.17, 15) is 0 Å². The van der Waals surface area contributed by atoms with Crippen molar-refractivity contribution < 1.29 is 13.5 Å². The Morgan fingerprint density at radius 1 is 0.543 bits per heavy atom. The molecule has 4 rings (SSSR count). The lowest BCUT2D eigenvalue weighted by molar-refractivity contribution is -0.185. The summed E-state index contributed by atoms with van der Waals surface area (Å²) in [6, 6.07) is 21.0. The summed E-state index contributed by atoms with van der Waals surface area (Å²) in [4.78, 5) is 0. The first-order valence-corrected chi connectivity index (χ1v) is 11.9. The second-order valence-electron chi connectivity index (χ2n) is 9.70. The number of hydrogen-bond acceptors (Lipinski definition) is 1. The third-order valence-corrected chi connectivity index (χ3v) is 6.78. The predicted molar refractivity (Wildman–Crippen MR) is 141 cm³/mol. The minimum Gasteiger partial charge on any atom is -0.429 e. The second kappa shape index (κ2) is 9.30. The minimum absolute atomic E-state index is 0.123. The van der Waals surface area contributed by atoms with Crippen molar-refractivity contribution in [3.05, 3.63) is 111 Å². The third-order valence-electron chi connectivity index (χ3n) is 6.78. The highest BCUT2D eigenvalue weighted by molar-refractivity contribution is 5.78. The smallest absolute Gasteiger partial charge is 0.426 e. The maximum Gasteiger partial charge on any atom is 0.426 e. The van der Waals surface area contributed by atoms with Gasteiger partial charge in [0.1, 0.15) is 5.75 Å². The van der Waals surface area contributed by atoms with Crippen molar-refractivity contribution in [3.63, 3.8) is 0 Å². The Kier molecular flexibility index (Phi) is 6.55. The van der Waals surface area contributed by atoms with E-state index in [0.29, 0.717) is 5.56 Å². The van der Waals surface area contributed by atoms with Gasteiger partial charge in [0.2, 0.25) is 0 Å².